The van der Waals surface area contributed by atoms with Crippen molar-refractivity contribution in [3.63, 3.8) is 0 Å². The van der Waals surface area contributed by atoms with Gasteiger partial charge in [-0.05, 0) is 48.8 Å². The Morgan fingerprint density at radius 2 is 1.60 bits per heavy atom. The predicted molar refractivity (Wildman–Crippen MR) is 75.2 cm³/mol. The van der Waals surface area contributed by atoms with E-state index in [9.17, 15) is 8.78 Å². The molecule has 4 heteroatoms. The fourth-order valence-electron chi connectivity index (χ4n) is 2.72. The van der Waals surface area contributed by atoms with E-state index in [-0.39, 0.29) is 12.2 Å². The lowest BCUT2D eigenvalue weighted by Crippen LogP contribution is -2.45. The van der Waals surface area contributed by atoms with Crippen LogP contribution in [0, 0.1) is 17.0 Å². The summed E-state index contributed by atoms with van der Waals surface area (Å²) in [6, 6.07) is 3.48. The Morgan fingerprint density at radius 3 is 2.10 bits per heavy atom. The van der Waals surface area contributed by atoms with Crippen molar-refractivity contribution in [2.75, 3.05) is 6.54 Å². The van der Waals surface area contributed by atoms with Crippen molar-refractivity contribution in [3.8, 4) is 0 Å². The van der Waals surface area contributed by atoms with Gasteiger partial charge >= 0.3 is 0 Å². The average Bonchev–Trinajstić information content (AvgIpc) is 2.37. The molecule has 1 aromatic rings. The lowest BCUT2D eigenvalue weighted by atomic mass is 9.71. The molecule has 1 fully saturated rings. The molecule has 2 rings (SSSR count). The maximum Gasteiger partial charge on any atom is 0.126 e. The molecule has 1 aliphatic rings. The van der Waals surface area contributed by atoms with E-state index in [2.05, 4.69) is 13.8 Å². The van der Waals surface area contributed by atoms with Gasteiger partial charge in [-0.3, -0.25) is 0 Å². The molecular weight excluding hydrogens is 260 g/mol. The summed E-state index contributed by atoms with van der Waals surface area (Å²) in [5.41, 5.74) is 6.37. The van der Waals surface area contributed by atoms with E-state index >= 15 is 0 Å². The van der Waals surface area contributed by atoms with Gasteiger partial charge in [-0.15, -0.1) is 0 Å². The van der Waals surface area contributed by atoms with Crippen molar-refractivity contribution >= 4 is 0 Å². The highest BCUT2D eigenvalue weighted by molar-refractivity contribution is 5.17. The fourth-order valence-corrected chi connectivity index (χ4v) is 2.72. The molecule has 1 saturated carbocycles. The summed E-state index contributed by atoms with van der Waals surface area (Å²) < 4.78 is 32.3. The van der Waals surface area contributed by atoms with Gasteiger partial charge in [0, 0.05) is 12.6 Å². The van der Waals surface area contributed by atoms with Crippen LogP contribution < -0.4 is 5.73 Å². The largest absolute Gasteiger partial charge is 0.369 e. The van der Waals surface area contributed by atoms with E-state index in [0.29, 0.717) is 17.5 Å². The number of rotatable bonds is 4. The molecule has 0 bridgehead atoms. The van der Waals surface area contributed by atoms with Gasteiger partial charge in [-0.1, -0.05) is 13.8 Å². The molecule has 1 aliphatic carbocycles. The van der Waals surface area contributed by atoms with Crippen LogP contribution in [0.3, 0.4) is 0 Å². The maximum absolute atomic E-state index is 13.2. The molecule has 2 nitrogen and oxygen atoms in total. The zero-order valence-electron chi connectivity index (χ0n) is 12.2. The molecule has 0 atom stereocenters. The molecule has 0 aromatic heterocycles. The second-order valence-electron chi connectivity index (χ2n) is 6.62. The summed E-state index contributed by atoms with van der Waals surface area (Å²) in [6.45, 7) is 5.14. The Kier molecular flexibility index (Phi) is 4.45. The zero-order chi connectivity index (χ0) is 14.8. The summed E-state index contributed by atoms with van der Waals surface area (Å²) in [6.07, 6.45) is 3.91. The molecule has 0 saturated heterocycles. The third-order valence-electron chi connectivity index (χ3n) is 4.35. The Balaban J connectivity index is 2.00. The minimum absolute atomic E-state index is 0.201. The monoisotopic (exact) mass is 283 g/mol. The van der Waals surface area contributed by atoms with Crippen LogP contribution in [-0.4, -0.2) is 12.1 Å². The quantitative estimate of drug-likeness (QED) is 0.912. The van der Waals surface area contributed by atoms with Gasteiger partial charge in [0.05, 0.1) is 12.2 Å². The first-order chi connectivity index (χ1) is 9.34. The topological polar surface area (TPSA) is 35.2 Å². The van der Waals surface area contributed by atoms with Crippen molar-refractivity contribution in [1.29, 1.82) is 0 Å². The minimum Gasteiger partial charge on any atom is -0.369 e. The molecule has 0 aliphatic heterocycles. The Morgan fingerprint density at radius 1 is 1.05 bits per heavy atom. The summed E-state index contributed by atoms with van der Waals surface area (Å²) in [5, 5.41) is 0. The number of hydrogen-bond donors (Lipinski definition) is 1. The van der Waals surface area contributed by atoms with Gasteiger partial charge in [0.2, 0.25) is 0 Å². The first kappa shape index (κ1) is 15.4. The molecular formula is C16H23F2NO. The minimum atomic E-state index is -0.574. The Hall–Kier alpha value is -1.00. The molecule has 0 heterocycles. The second-order valence-corrected chi connectivity index (χ2v) is 6.62. The number of nitrogens with two attached hydrogens (primary N) is 1. The van der Waals surface area contributed by atoms with Gasteiger partial charge in [0.1, 0.15) is 11.6 Å². The first-order valence-electron chi connectivity index (χ1n) is 7.13. The predicted octanol–water partition coefficient (Wildman–Crippen LogP) is 3.78. The Bertz CT molecular complexity index is 443. The van der Waals surface area contributed by atoms with Crippen LogP contribution in [0.25, 0.3) is 0 Å². The van der Waals surface area contributed by atoms with E-state index in [1.165, 1.54) is 12.1 Å². The standard InChI is InChI=1S/C16H23F2NO/c1-15(2)3-5-16(11-19,6-4-15)20-10-12-7-13(17)9-14(18)8-12/h7-9H,3-6,10-11,19H2,1-2H3. The molecule has 0 spiro atoms. The average molecular weight is 283 g/mol. The van der Waals surface area contributed by atoms with Crippen molar-refractivity contribution in [1.82, 2.24) is 0 Å². The molecule has 20 heavy (non-hydrogen) atoms. The SMILES string of the molecule is CC1(C)CCC(CN)(OCc2cc(F)cc(F)c2)CC1. The number of halogens is 2. The number of benzene rings is 1. The highest BCUT2D eigenvalue weighted by atomic mass is 19.1. The third kappa shape index (κ3) is 3.76. The van der Waals surface area contributed by atoms with Crippen LogP contribution >= 0.6 is 0 Å². The van der Waals surface area contributed by atoms with Gasteiger partial charge in [0.15, 0.2) is 0 Å². The van der Waals surface area contributed by atoms with E-state index in [4.69, 9.17) is 10.5 Å². The van der Waals surface area contributed by atoms with Crippen molar-refractivity contribution < 1.29 is 13.5 Å². The molecule has 0 unspecified atom stereocenters. The van der Waals surface area contributed by atoms with Crippen molar-refractivity contribution in [2.24, 2.45) is 11.1 Å². The van der Waals surface area contributed by atoms with Crippen molar-refractivity contribution in [2.45, 2.75) is 51.7 Å². The van der Waals surface area contributed by atoms with Crippen LogP contribution in [0.15, 0.2) is 18.2 Å². The Labute approximate surface area is 119 Å². The van der Waals surface area contributed by atoms with E-state index in [1.807, 2.05) is 0 Å². The van der Waals surface area contributed by atoms with Crippen LogP contribution in [-0.2, 0) is 11.3 Å². The second kappa shape index (κ2) is 5.78. The molecule has 2 N–H and O–H groups in total. The molecule has 112 valence electrons. The van der Waals surface area contributed by atoms with E-state index < -0.39 is 11.6 Å². The summed E-state index contributed by atoms with van der Waals surface area (Å²) >= 11 is 0. The molecule has 1 aromatic carbocycles. The van der Waals surface area contributed by atoms with Gasteiger partial charge in [-0.2, -0.15) is 0 Å². The van der Waals surface area contributed by atoms with Crippen LogP contribution in [0.4, 0.5) is 8.78 Å². The van der Waals surface area contributed by atoms with Crippen LogP contribution in [0.2, 0.25) is 0 Å². The van der Waals surface area contributed by atoms with Crippen LogP contribution in [0.5, 0.6) is 0 Å². The normalized spacial score (nSPS) is 20.9. The summed E-state index contributed by atoms with van der Waals surface area (Å²) in [5.74, 6) is -1.15. The highest BCUT2D eigenvalue weighted by Gasteiger charge is 2.38. The van der Waals surface area contributed by atoms with Crippen LogP contribution in [0.1, 0.15) is 45.1 Å². The lowest BCUT2D eigenvalue weighted by molar-refractivity contribution is -0.0905. The van der Waals surface area contributed by atoms with E-state index in [0.717, 1.165) is 31.7 Å². The van der Waals surface area contributed by atoms with Gasteiger partial charge in [-0.25, -0.2) is 8.78 Å². The summed E-state index contributed by atoms with van der Waals surface area (Å²) in [7, 11) is 0. The fraction of sp³-hybridized carbons (Fsp3) is 0.625. The van der Waals surface area contributed by atoms with Gasteiger partial charge in [0.25, 0.3) is 0 Å². The zero-order valence-corrected chi connectivity index (χ0v) is 12.2. The molecule has 0 amide bonds. The first-order valence-corrected chi connectivity index (χ1v) is 7.13. The highest BCUT2D eigenvalue weighted by Crippen LogP contribution is 2.41. The number of hydrogen-bond acceptors (Lipinski definition) is 2. The lowest BCUT2D eigenvalue weighted by Gasteiger charge is -2.42. The number of ether oxygens (including phenoxy) is 1. The van der Waals surface area contributed by atoms with Gasteiger partial charge < -0.3 is 10.5 Å². The maximum atomic E-state index is 13.2. The smallest absolute Gasteiger partial charge is 0.126 e. The van der Waals surface area contributed by atoms with Crippen molar-refractivity contribution in [3.05, 3.63) is 35.4 Å². The summed E-state index contributed by atoms with van der Waals surface area (Å²) in [4.78, 5) is 0. The molecule has 0 radical (unpaired) electrons. The van der Waals surface area contributed by atoms with E-state index in [1.54, 1.807) is 0 Å². The third-order valence-corrected chi connectivity index (χ3v) is 4.35.